The molecular weight excluding hydrogens is 225 g/mol. The molecule has 0 aliphatic heterocycles. The highest BCUT2D eigenvalue weighted by molar-refractivity contribution is 7.98. The van der Waals surface area contributed by atoms with Crippen molar-refractivity contribution in [2.75, 3.05) is 6.26 Å². The van der Waals surface area contributed by atoms with Crippen LogP contribution in [-0.4, -0.2) is 16.3 Å². The van der Waals surface area contributed by atoms with Crippen LogP contribution in [0.4, 0.5) is 4.39 Å². The van der Waals surface area contributed by atoms with Gasteiger partial charge in [-0.15, -0.1) is 11.8 Å². The van der Waals surface area contributed by atoms with Gasteiger partial charge in [-0.25, -0.2) is 4.39 Å². The number of thioether (sulfide) groups is 1. The molecule has 84 valence electrons. The third kappa shape index (κ3) is 1.73. The van der Waals surface area contributed by atoms with E-state index in [2.05, 4.69) is 4.98 Å². The van der Waals surface area contributed by atoms with Crippen molar-refractivity contribution >= 4 is 22.7 Å². The third-order valence-corrected chi connectivity index (χ3v) is 3.31. The van der Waals surface area contributed by atoms with Crippen molar-refractivity contribution in [3.63, 3.8) is 0 Å². The molecule has 0 atom stereocenters. The van der Waals surface area contributed by atoms with Crippen molar-refractivity contribution in [3.05, 3.63) is 29.7 Å². The van der Waals surface area contributed by atoms with Crippen molar-refractivity contribution in [2.45, 2.75) is 18.2 Å². The number of halogens is 1. The maximum Gasteiger partial charge on any atom is 0.145 e. The fourth-order valence-electron chi connectivity index (χ4n) is 1.82. The minimum atomic E-state index is -0.281. The van der Waals surface area contributed by atoms with E-state index in [-0.39, 0.29) is 11.6 Å². The van der Waals surface area contributed by atoms with E-state index in [0.717, 1.165) is 10.3 Å². The molecule has 0 amide bonds. The van der Waals surface area contributed by atoms with Crippen LogP contribution >= 0.6 is 11.8 Å². The zero-order valence-electron chi connectivity index (χ0n) is 9.12. The van der Waals surface area contributed by atoms with Crippen molar-refractivity contribution in [1.82, 2.24) is 4.98 Å². The molecule has 0 saturated carbocycles. The Morgan fingerprint density at radius 3 is 2.81 bits per heavy atom. The van der Waals surface area contributed by atoms with Gasteiger partial charge in [-0.2, -0.15) is 0 Å². The summed E-state index contributed by atoms with van der Waals surface area (Å²) < 4.78 is 13.6. The van der Waals surface area contributed by atoms with Gasteiger partial charge in [-0.1, -0.05) is 6.92 Å². The first-order chi connectivity index (χ1) is 7.67. The molecule has 4 heteroatoms. The predicted octanol–water partition coefficient (Wildman–Crippen LogP) is 3.36. The minimum absolute atomic E-state index is 0.165. The molecule has 0 fully saturated rings. The van der Waals surface area contributed by atoms with Crippen molar-refractivity contribution in [3.8, 4) is 5.75 Å². The quantitative estimate of drug-likeness (QED) is 0.813. The van der Waals surface area contributed by atoms with Crippen LogP contribution in [0.25, 0.3) is 10.9 Å². The minimum Gasteiger partial charge on any atom is -0.508 e. The number of fused-ring (bicyclic) bond motifs is 1. The number of phenolic OH excluding ortho intramolecular Hbond substituents is 1. The Kier molecular flexibility index (Phi) is 3.01. The maximum atomic E-state index is 13.6. The summed E-state index contributed by atoms with van der Waals surface area (Å²) in [7, 11) is 0. The Bertz CT molecular complexity index is 542. The molecule has 1 aromatic heterocycles. The van der Waals surface area contributed by atoms with Gasteiger partial charge in [0.1, 0.15) is 11.6 Å². The van der Waals surface area contributed by atoms with Crippen molar-refractivity contribution in [1.29, 1.82) is 0 Å². The molecule has 1 heterocycles. The van der Waals surface area contributed by atoms with E-state index in [9.17, 15) is 9.50 Å². The van der Waals surface area contributed by atoms with E-state index in [1.807, 2.05) is 13.2 Å². The first kappa shape index (κ1) is 11.2. The number of aromatic hydroxyl groups is 1. The lowest BCUT2D eigenvalue weighted by Gasteiger charge is -2.09. The van der Waals surface area contributed by atoms with Gasteiger partial charge in [-0.3, -0.25) is 4.98 Å². The lowest BCUT2D eigenvalue weighted by atomic mass is 10.1. The van der Waals surface area contributed by atoms with Gasteiger partial charge in [0.15, 0.2) is 0 Å². The molecule has 2 nitrogen and oxygen atoms in total. The monoisotopic (exact) mass is 237 g/mol. The van der Waals surface area contributed by atoms with Crippen molar-refractivity contribution in [2.24, 2.45) is 0 Å². The zero-order chi connectivity index (χ0) is 11.7. The molecule has 0 saturated heterocycles. The van der Waals surface area contributed by atoms with Gasteiger partial charge in [0, 0.05) is 16.3 Å². The number of benzene rings is 1. The second-order valence-corrected chi connectivity index (χ2v) is 4.33. The van der Waals surface area contributed by atoms with Gasteiger partial charge < -0.3 is 5.11 Å². The Morgan fingerprint density at radius 1 is 1.44 bits per heavy atom. The van der Waals surface area contributed by atoms with Gasteiger partial charge in [-0.05, 0) is 24.3 Å². The van der Waals surface area contributed by atoms with Crippen LogP contribution in [-0.2, 0) is 6.42 Å². The normalized spacial score (nSPS) is 10.9. The largest absolute Gasteiger partial charge is 0.508 e. The Hall–Kier alpha value is -1.29. The van der Waals surface area contributed by atoms with E-state index in [0.29, 0.717) is 17.5 Å². The van der Waals surface area contributed by atoms with E-state index in [1.54, 1.807) is 12.1 Å². The Balaban J connectivity index is 2.89. The molecule has 0 aliphatic rings. The average molecular weight is 237 g/mol. The Morgan fingerprint density at radius 2 is 2.19 bits per heavy atom. The number of aryl methyl sites for hydroxylation is 1. The number of pyridine rings is 1. The lowest BCUT2D eigenvalue weighted by Crippen LogP contribution is -1.94. The number of hydrogen-bond acceptors (Lipinski definition) is 3. The van der Waals surface area contributed by atoms with Crippen LogP contribution in [0.1, 0.15) is 12.5 Å². The molecule has 0 spiro atoms. The average Bonchev–Trinajstić information content (AvgIpc) is 2.28. The highest BCUT2D eigenvalue weighted by atomic mass is 32.2. The molecule has 0 aliphatic carbocycles. The van der Waals surface area contributed by atoms with E-state index >= 15 is 0 Å². The molecule has 16 heavy (non-hydrogen) atoms. The smallest absolute Gasteiger partial charge is 0.145 e. The van der Waals surface area contributed by atoms with Crippen LogP contribution in [0, 0.1) is 5.82 Å². The van der Waals surface area contributed by atoms with E-state index in [4.69, 9.17) is 0 Å². The van der Waals surface area contributed by atoms with Gasteiger partial charge in [0.2, 0.25) is 0 Å². The van der Waals surface area contributed by atoms with Crippen molar-refractivity contribution < 1.29 is 9.50 Å². The maximum absolute atomic E-state index is 13.6. The SMILES string of the molecule is CCc1c(F)cnc2cc(O)cc(SC)c12. The van der Waals surface area contributed by atoms with E-state index in [1.165, 1.54) is 18.0 Å². The standard InChI is InChI=1S/C12H12FNOS/c1-3-8-9(13)6-14-10-4-7(15)5-11(16-2)12(8)10/h4-6,15H,3H2,1-2H3. The molecule has 1 N–H and O–H groups in total. The number of rotatable bonds is 2. The summed E-state index contributed by atoms with van der Waals surface area (Å²) >= 11 is 1.48. The van der Waals surface area contributed by atoms with Gasteiger partial charge in [0.05, 0.1) is 11.7 Å². The highest BCUT2D eigenvalue weighted by Crippen LogP contribution is 2.33. The number of hydrogen-bond donors (Lipinski definition) is 1. The van der Waals surface area contributed by atoms with Gasteiger partial charge in [0.25, 0.3) is 0 Å². The molecule has 0 radical (unpaired) electrons. The molecule has 2 aromatic rings. The summed E-state index contributed by atoms with van der Waals surface area (Å²) in [5, 5.41) is 10.3. The fraction of sp³-hybridized carbons (Fsp3) is 0.250. The van der Waals surface area contributed by atoms with Gasteiger partial charge >= 0.3 is 0 Å². The summed E-state index contributed by atoms with van der Waals surface area (Å²) in [5.41, 5.74) is 1.30. The second-order valence-electron chi connectivity index (χ2n) is 3.48. The van der Waals surface area contributed by atoms with Crippen LogP contribution in [0.2, 0.25) is 0 Å². The fourth-order valence-corrected chi connectivity index (χ4v) is 2.49. The second kappa shape index (κ2) is 4.29. The lowest BCUT2D eigenvalue weighted by molar-refractivity contribution is 0.474. The molecular formula is C12H12FNOS. The number of aromatic nitrogens is 1. The molecule has 0 bridgehead atoms. The van der Waals surface area contributed by atoms with E-state index < -0.39 is 0 Å². The number of phenols is 1. The Labute approximate surface area is 97.5 Å². The molecule has 1 aromatic carbocycles. The first-order valence-corrected chi connectivity index (χ1v) is 6.24. The first-order valence-electron chi connectivity index (χ1n) is 5.01. The van der Waals surface area contributed by atoms with Crippen LogP contribution in [0.3, 0.4) is 0 Å². The summed E-state index contributed by atoms with van der Waals surface area (Å²) in [6.07, 6.45) is 3.73. The summed E-state index contributed by atoms with van der Waals surface area (Å²) in [4.78, 5) is 4.87. The summed E-state index contributed by atoms with van der Waals surface area (Å²) in [5.74, 6) is -0.117. The topological polar surface area (TPSA) is 33.1 Å². The van der Waals surface area contributed by atoms with Crippen LogP contribution in [0.15, 0.2) is 23.2 Å². The highest BCUT2D eigenvalue weighted by Gasteiger charge is 2.12. The zero-order valence-corrected chi connectivity index (χ0v) is 9.94. The third-order valence-electron chi connectivity index (χ3n) is 2.55. The van der Waals surface area contributed by atoms with Crippen LogP contribution in [0.5, 0.6) is 5.75 Å². The van der Waals surface area contributed by atoms with Crippen LogP contribution < -0.4 is 0 Å². The number of nitrogens with zero attached hydrogens (tertiary/aromatic N) is 1. The molecule has 0 unspecified atom stereocenters. The predicted molar refractivity (Wildman–Crippen MR) is 64.5 cm³/mol. The summed E-state index contributed by atoms with van der Waals surface area (Å²) in [6.45, 7) is 1.91. The summed E-state index contributed by atoms with van der Waals surface area (Å²) in [6, 6.07) is 3.21. The molecule has 2 rings (SSSR count).